The summed E-state index contributed by atoms with van der Waals surface area (Å²) in [4.78, 5) is 2.19. The average molecular weight is 288 g/mol. The van der Waals surface area contributed by atoms with E-state index in [1.165, 1.54) is 5.56 Å². The van der Waals surface area contributed by atoms with Gasteiger partial charge in [0.25, 0.3) is 0 Å². The van der Waals surface area contributed by atoms with Crippen molar-refractivity contribution in [1.82, 2.24) is 4.90 Å². The Morgan fingerprint density at radius 3 is 2.75 bits per heavy atom. The number of benzene rings is 1. The number of hydrogen-bond acceptors (Lipinski definition) is 3. The topological polar surface area (TPSA) is 32.7 Å². The highest BCUT2D eigenvalue weighted by atomic mass is 79.9. The number of aliphatic hydroxyl groups excluding tert-OH is 1. The number of ether oxygens (including phenoxy) is 1. The van der Waals surface area contributed by atoms with Crippen molar-refractivity contribution in [3.63, 3.8) is 0 Å². The zero-order valence-corrected chi connectivity index (χ0v) is 11.1. The van der Waals surface area contributed by atoms with E-state index in [9.17, 15) is 0 Å². The van der Waals surface area contributed by atoms with Crippen molar-refractivity contribution in [3.05, 3.63) is 34.3 Å². The summed E-state index contributed by atoms with van der Waals surface area (Å²) in [5.41, 5.74) is 1.27. The summed E-state index contributed by atoms with van der Waals surface area (Å²) in [6.07, 6.45) is 0. The van der Waals surface area contributed by atoms with Crippen molar-refractivity contribution in [2.75, 3.05) is 33.4 Å². The second kappa shape index (κ2) is 7.79. The molecule has 4 heteroatoms. The van der Waals surface area contributed by atoms with Crippen molar-refractivity contribution in [1.29, 1.82) is 0 Å². The summed E-state index contributed by atoms with van der Waals surface area (Å²) in [5.74, 6) is 0. The Bertz CT molecular complexity index is 307. The molecular formula is C12H18BrNO2. The number of hydrogen-bond donors (Lipinski definition) is 1. The minimum absolute atomic E-state index is 0.0912. The molecule has 0 saturated carbocycles. The van der Waals surface area contributed by atoms with Crippen LogP contribution < -0.4 is 0 Å². The Morgan fingerprint density at radius 2 is 2.06 bits per heavy atom. The van der Waals surface area contributed by atoms with Crippen LogP contribution in [0.4, 0.5) is 0 Å². The lowest BCUT2D eigenvalue weighted by atomic mass is 10.2. The molecule has 90 valence electrons. The lowest BCUT2D eigenvalue weighted by molar-refractivity contribution is 0.0772. The van der Waals surface area contributed by atoms with Crippen LogP contribution in [0.5, 0.6) is 0 Å². The van der Waals surface area contributed by atoms with Gasteiger partial charge in [0, 0.05) is 17.6 Å². The normalized spacial score (nSPS) is 11.0. The highest BCUT2D eigenvalue weighted by Crippen LogP contribution is 2.16. The first kappa shape index (κ1) is 13.6. The fourth-order valence-corrected chi connectivity index (χ4v) is 1.79. The molecule has 0 unspecified atom stereocenters. The Morgan fingerprint density at radius 1 is 1.31 bits per heavy atom. The minimum Gasteiger partial charge on any atom is -0.394 e. The Balaban J connectivity index is 2.28. The van der Waals surface area contributed by atoms with Gasteiger partial charge in [-0.1, -0.05) is 34.1 Å². The molecule has 0 aliphatic carbocycles. The van der Waals surface area contributed by atoms with Crippen LogP contribution in [0.1, 0.15) is 5.56 Å². The van der Waals surface area contributed by atoms with Gasteiger partial charge in [0.1, 0.15) is 0 Å². The van der Waals surface area contributed by atoms with E-state index < -0.39 is 0 Å². The van der Waals surface area contributed by atoms with E-state index in [1.54, 1.807) is 0 Å². The molecule has 1 aromatic carbocycles. The predicted molar refractivity (Wildman–Crippen MR) is 68.4 cm³/mol. The van der Waals surface area contributed by atoms with Gasteiger partial charge < -0.3 is 9.84 Å². The number of nitrogens with zero attached hydrogens (tertiary/aromatic N) is 1. The number of halogens is 1. The molecule has 0 saturated heterocycles. The Hall–Kier alpha value is -0.420. The van der Waals surface area contributed by atoms with Gasteiger partial charge >= 0.3 is 0 Å². The van der Waals surface area contributed by atoms with Gasteiger partial charge in [-0.2, -0.15) is 0 Å². The molecule has 3 nitrogen and oxygen atoms in total. The molecule has 1 N–H and O–H groups in total. The molecule has 16 heavy (non-hydrogen) atoms. The second-order valence-electron chi connectivity index (χ2n) is 3.67. The van der Waals surface area contributed by atoms with Gasteiger partial charge in [0.15, 0.2) is 0 Å². The molecule has 0 radical (unpaired) electrons. The SMILES string of the molecule is CN(CCOCCO)Cc1ccccc1Br. The minimum atomic E-state index is 0.0912. The van der Waals surface area contributed by atoms with E-state index in [2.05, 4.69) is 33.9 Å². The van der Waals surface area contributed by atoms with E-state index in [1.807, 2.05) is 18.2 Å². The highest BCUT2D eigenvalue weighted by molar-refractivity contribution is 9.10. The summed E-state index contributed by atoms with van der Waals surface area (Å²) in [6, 6.07) is 8.20. The molecule has 1 rings (SSSR count). The summed E-state index contributed by atoms with van der Waals surface area (Å²) in [6.45, 7) is 2.92. The predicted octanol–water partition coefficient (Wildman–Crippen LogP) is 1.89. The molecule has 0 atom stereocenters. The molecule has 0 amide bonds. The van der Waals surface area contributed by atoms with Gasteiger partial charge in [-0.15, -0.1) is 0 Å². The molecule has 1 aromatic rings. The van der Waals surface area contributed by atoms with Crippen molar-refractivity contribution >= 4 is 15.9 Å². The maximum Gasteiger partial charge on any atom is 0.0698 e. The van der Waals surface area contributed by atoms with E-state index in [4.69, 9.17) is 9.84 Å². The van der Waals surface area contributed by atoms with Crippen molar-refractivity contribution in [2.45, 2.75) is 6.54 Å². The lowest BCUT2D eigenvalue weighted by Crippen LogP contribution is -2.23. The zero-order chi connectivity index (χ0) is 11.8. The van der Waals surface area contributed by atoms with Crippen LogP contribution in [-0.4, -0.2) is 43.4 Å². The number of likely N-dealkylation sites (N-methyl/N-ethyl adjacent to an activating group) is 1. The quantitative estimate of drug-likeness (QED) is 0.778. The lowest BCUT2D eigenvalue weighted by Gasteiger charge is -2.17. The maximum atomic E-state index is 8.56. The van der Waals surface area contributed by atoms with Gasteiger partial charge in [-0.05, 0) is 18.7 Å². The second-order valence-corrected chi connectivity index (χ2v) is 4.52. The van der Waals surface area contributed by atoms with E-state index >= 15 is 0 Å². The first-order valence-electron chi connectivity index (χ1n) is 5.34. The van der Waals surface area contributed by atoms with E-state index in [-0.39, 0.29) is 6.61 Å². The molecule has 0 aliphatic rings. The van der Waals surface area contributed by atoms with Gasteiger partial charge in [0.05, 0.1) is 19.8 Å². The van der Waals surface area contributed by atoms with Crippen LogP contribution in [0, 0.1) is 0 Å². The number of aliphatic hydroxyl groups is 1. The van der Waals surface area contributed by atoms with Crippen molar-refractivity contribution in [2.24, 2.45) is 0 Å². The zero-order valence-electron chi connectivity index (χ0n) is 9.53. The van der Waals surface area contributed by atoms with Crippen LogP contribution in [0.3, 0.4) is 0 Å². The molecule has 0 aliphatic heterocycles. The number of rotatable bonds is 7. The molecule has 0 spiro atoms. The highest BCUT2D eigenvalue weighted by Gasteiger charge is 2.03. The van der Waals surface area contributed by atoms with Gasteiger partial charge in [-0.25, -0.2) is 0 Å². The van der Waals surface area contributed by atoms with Crippen LogP contribution in [0.15, 0.2) is 28.7 Å². The maximum absolute atomic E-state index is 8.56. The van der Waals surface area contributed by atoms with Crippen LogP contribution in [-0.2, 0) is 11.3 Å². The third-order valence-electron chi connectivity index (χ3n) is 2.25. The third-order valence-corrected chi connectivity index (χ3v) is 3.02. The van der Waals surface area contributed by atoms with E-state index in [0.29, 0.717) is 13.2 Å². The smallest absolute Gasteiger partial charge is 0.0698 e. The first-order valence-corrected chi connectivity index (χ1v) is 6.14. The first-order chi connectivity index (χ1) is 7.74. The fraction of sp³-hybridized carbons (Fsp3) is 0.500. The van der Waals surface area contributed by atoms with E-state index in [0.717, 1.165) is 17.6 Å². The fourth-order valence-electron chi connectivity index (χ4n) is 1.38. The summed E-state index contributed by atoms with van der Waals surface area (Å²) < 4.78 is 6.36. The summed E-state index contributed by atoms with van der Waals surface area (Å²) in [7, 11) is 2.06. The summed E-state index contributed by atoms with van der Waals surface area (Å²) in [5, 5.41) is 8.56. The van der Waals surface area contributed by atoms with Gasteiger partial charge in [-0.3, -0.25) is 4.90 Å². The summed E-state index contributed by atoms with van der Waals surface area (Å²) >= 11 is 3.53. The monoisotopic (exact) mass is 287 g/mol. The van der Waals surface area contributed by atoms with Crippen molar-refractivity contribution in [3.8, 4) is 0 Å². The van der Waals surface area contributed by atoms with Gasteiger partial charge in [0.2, 0.25) is 0 Å². The third kappa shape index (κ3) is 5.07. The molecule has 0 fully saturated rings. The molecule has 0 aromatic heterocycles. The molecular weight excluding hydrogens is 270 g/mol. The largest absolute Gasteiger partial charge is 0.394 e. The van der Waals surface area contributed by atoms with Crippen LogP contribution in [0.25, 0.3) is 0 Å². The average Bonchev–Trinajstić information content (AvgIpc) is 2.28. The Kier molecular flexibility index (Phi) is 6.64. The van der Waals surface area contributed by atoms with Crippen LogP contribution >= 0.6 is 15.9 Å². The van der Waals surface area contributed by atoms with Crippen LogP contribution in [0.2, 0.25) is 0 Å². The Labute approximate surface area is 105 Å². The molecule has 0 heterocycles. The molecule has 0 bridgehead atoms. The van der Waals surface area contributed by atoms with Crippen molar-refractivity contribution < 1.29 is 9.84 Å². The standard InChI is InChI=1S/C12H18BrNO2/c1-14(6-8-16-9-7-15)10-11-4-2-3-5-12(11)13/h2-5,15H,6-10H2,1H3.